The van der Waals surface area contributed by atoms with Gasteiger partial charge < -0.3 is 9.88 Å². The van der Waals surface area contributed by atoms with E-state index in [0.29, 0.717) is 19.4 Å². The maximum Gasteiger partial charge on any atom is 0.203 e. The van der Waals surface area contributed by atoms with E-state index in [0.717, 1.165) is 11.6 Å². The van der Waals surface area contributed by atoms with Crippen molar-refractivity contribution in [3.8, 4) is 0 Å². The van der Waals surface area contributed by atoms with Crippen molar-refractivity contribution in [2.24, 2.45) is 0 Å². The maximum absolute atomic E-state index is 11.4. The van der Waals surface area contributed by atoms with E-state index in [2.05, 4.69) is 16.9 Å². The minimum Gasteiger partial charge on any atom is -0.353 e. The molecule has 1 aromatic heterocycles. The molecule has 2 heterocycles. The first-order valence-electron chi connectivity index (χ1n) is 6.12. The topological polar surface area (TPSA) is 64.0 Å². The fourth-order valence-corrected chi connectivity index (χ4v) is 3.65. The summed E-state index contributed by atoms with van der Waals surface area (Å²) in [6.45, 7) is 6.36. The third kappa shape index (κ3) is 3.13. The van der Waals surface area contributed by atoms with E-state index in [-0.39, 0.29) is 17.5 Å². The molecule has 5 nitrogen and oxygen atoms in total. The number of hydrogen-bond acceptors (Lipinski definition) is 4. The molecular weight excluding hydrogens is 250 g/mol. The van der Waals surface area contributed by atoms with Crippen LogP contribution in [-0.4, -0.2) is 35.5 Å². The molecule has 0 aromatic carbocycles. The molecule has 0 spiro atoms. The second-order valence-corrected chi connectivity index (χ2v) is 7.02. The number of imidazole rings is 1. The van der Waals surface area contributed by atoms with Crippen LogP contribution in [-0.2, 0) is 16.4 Å². The Bertz CT molecular complexity index is 520. The largest absolute Gasteiger partial charge is 0.353 e. The minimum atomic E-state index is -2.81. The third-order valence-electron chi connectivity index (χ3n) is 3.11. The lowest BCUT2D eigenvalue weighted by molar-refractivity contribution is 0.557. The van der Waals surface area contributed by atoms with Crippen molar-refractivity contribution in [2.75, 3.05) is 16.8 Å². The fourth-order valence-electron chi connectivity index (χ4n) is 2.16. The first-order valence-corrected chi connectivity index (χ1v) is 7.94. The highest BCUT2D eigenvalue weighted by Crippen LogP contribution is 2.17. The number of anilines is 1. The van der Waals surface area contributed by atoms with Crippen LogP contribution in [0.15, 0.2) is 18.9 Å². The molecule has 1 aliphatic heterocycles. The Labute approximate surface area is 108 Å². The quantitative estimate of drug-likeness (QED) is 0.838. The van der Waals surface area contributed by atoms with Gasteiger partial charge in [-0.25, -0.2) is 13.4 Å². The van der Waals surface area contributed by atoms with Crippen LogP contribution in [0.4, 0.5) is 5.95 Å². The molecule has 0 bridgehead atoms. The lowest BCUT2D eigenvalue weighted by atomic mass is 10.2. The number of nitrogens with one attached hydrogen (secondary N) is 1. The number of nitrogens with zero attached hydrogens (tertiary/aromatic N) is 2. The van der Waals surface area contributed by atoms with Gasteiger partial charge in [0, 0.05) is 18.8 Å². The van der Waals surface area contributed by atoms with Crippen molar-refractivity contribution in [1.82, 2.24) is 9.55 Å². The zero-order valence-electron chi connectivity index (χ0n) is 10.6. The zero-order chi connectivity index (χ0) is 13.2. The van der Waals surface area contributed by atoms with E-state index in [4.69, 9.17) is 0 Å². The minimum absolute atomic E-state index is 0.193. The molecule has 0 radical (unpaired) electrons. The molecule has 0 saturated carbocycles. The fraction of sp³-hybridized carbons (Fsp3) is 0.583. The predicted molar refractivity (Wildman–Crippen MR) is 72.5 cm³/mol. The average molecular weight is 269 g/mol. The van der Waals surface area contributed by atoms with Crippen molar-refractivity contribution < 1.29 is 8.42 Å². The second-order valence-electron chi connectivity index (χ2n) is 4.72. The molecule has 1 fully saturated rings. The van der Waals surface area contributed by atoms with E-state index in [1.807, 2.05) is 23.8 Å². The molecule has 100 valence electrons. The summed E-state index contributed by atoms with van der Waals surface area (Å²) >= 11 is 0. The van der Waals surface area contributed by atoms with Crippen LogP contribution >= 0.6 is 0 Å². The Balaban J connectivity index is 2.03. The maximum atomic E-state index is 11.4. The monoisotopic (exact) mass is 269 g/mol. The number of aromatic nitrogens is 2. The van der Waals surface area contributed by atoms with Crippen LogP contribution in [0.1, 0.15) is 18.5 Å². The van der Waals surface area contributed by atoms with Gasteiger partial charge >= 0.3 is 0 Å². The highest BCUT2D eigenvalue weighted by atomic mass is 32.2. The van der Waals surface area contributed by atoms with Gasteiger partial charge in [0.15, 0.2) is 0 Å². The number of aryl methyl sites for hydroxylation is 1. The van der Waals surface area contributed by atoms with E-state index in [1.54, 1.807) is 0 Å². The van der Waals surface area contributed by atoms with Crippen molar-refractivity contribution in [1.29, 1.82) is 0 Å². The molecule has 18 heavy (non-hydrogen) atoms. The Morgan fingerprint density at radius 3 is 2.83 bits per heavy atom. The Morgan fingerprint density at radius 1 is 1.56 bits per heavy atom. The second kappa shape index (κ2) is 5.14. The van der Waals surface area contributed by atoms with Crippen molar-refractivity contribution in [3.05, 3.63) is 24.5 Å². The van der Waals surface area contributed by atoms with Crippen LogP contribution in [0.3, 0.4) is 0 Å². The van der Waals surface area contributed by atoms with E-state index in [9.17, 15) is 8.42 Å². The van der Waals surface area contributed by atoms with E-state index >= 15 is 0 Å². The molecule has 1 saturated heterocycles. The summed E-state index contributed by atoms with van der Waals surface area (Å²) in [5.74, 6) is 1.34. The lowest BCUT2D eigenvalue weighted by Crippen LogP contribution is -2.33. The summed E-state index contributed by atoms with van der Waals surface area (Å²) < 4.78 is 24.7. The molecule has 0 amide bonds. The van der Waals surface area contributed by atoms with E-state index < -0.39 is 9.84 Å². The normalized spacial score (nSPS) is 19.6. The summed E-state index contributed by atoms with van der Waals surface area (Å²) in [4.78, 5) is 4.41. The number of hydrogen-bond donors (Lipinski definition) is 1. The number of sulfone groups is 1. The van der Waals surface area contributed by atoms with Gasteiger partial charge in [-0.3, -0.25) is 0 Å². The van der Waals surface area contributed by atoms with Gasteiger partial charge in [-0.1, -0.05) is 6.08 Å². The van der Waals surface area contributed by atoms with Crippen LogP contribution in [0, 0.1) is 6.92 Å². The van der Waals surface area contributed by atoms with Gasteiger partial charge in [-0.15, -0.1) is 6.58 Å². The highest BCUT2D eigenvalue weighted by molar-refractivity contribution is 7.91. The molecular formula is C12H19N3O2S. The Morgan fingerprint density at radius 2 is 2.22 bits per heavy atom. The molecule has 6 heteroatoms. The Hall–Kier alpha value is -1.30. The molecule has 1 N–H and O–H groups in total. The first-order chi connectivity index (χ1) is 8.50. The van der Waals surface area contributed by atoms with Crippen LogP contribution < -0.4 is 5.32 Å². The lowest BCUT2D eigenvalue weighted by Gasteiger charge is -2.23. The summed E-state index contributed by atoms with van der Waals surface area (Å²) in [7, 11) is -2.81. The van der Waals surface area contributed by atoms with E-state index in [1.165, 1.54) is 0 Å². The van der Waals surface area contributed by atoms with Gasteiger partial charge in [0.2, 0.25) is 5.95 Å². The van der Waals surface area contributed by atoms with Gasteiger partial charge in [-0.2, -0.15) is 0 Å². The number of allylic oxidation sites excluding steroid dienone is 1. The van der Waals surface area contributed by atoms with Gasteiger partial charge in [0.25, 0.3) is 0 Å². The van der Waals surface area contributed by atoms with Gasteiger partial charge in [0.1, 0.15) is 9.84 Å². The first kappa shape index (κ1) is 13.1. The highest BCUT2D eigenvalue weighted by Gasteiger charge is 2.24. The van der Waals surface area contributed by atoms with Gasteiger partial charge in [0.05, 0.1) is 17.2 Å². The van der Waals surface area contributed by atoms with Crippen molar-refractivity contribution >= 4 is 15.8 Å². The van der Waals surface area contributed by atoms with Gasteiger partial charge in [-0.05, 0) is 19.8 Å². The summed E-state index contributed by atoms with van der Waals surface area (Å²) in [5, 5.41) is 3.33. The molecule has 0 atom stereocenters. The molecule has 1 aromatic rings. The zero-order valence-corrected chi connectivity index (χ0v) is 11.4. The Kier molecular flexibility index (Phi) is 3.75. The predicted octanol–water partition coefficient (Wildman–Crippen LogP) is 1.37. The molecule has 2 rings (SSSR count). The molecule has 1 aliphatic rings. The summed E-state index contributed by atoms with van der Waals surface area (Å²) in [6.07, 6.45) is 5.09. The number of rotatable bonds is 4. The van der Waals surface area contributed by atoms with Crippen LogP contribution in [0.2, 0.25) is 0 Å². The summed E-state index contributed by atoms with van der Waals surface area (Å²) in [5.41, 5.74) is 0.947. The molecule has 0 unspecified atom stereocenters. The van der Waals surface area contributed by atoms with Crippen LogP contribution in [0.5, 0.6) is 0 Å². The average Bonchev–Trinajstić information content (AvgIpc) is 2.63. The van der Waals surface area contributed by atoms with Crippen molar-refractivity contribution in [3.63, 3.8) is 0 Å². The van der Waals surface area contributed by atoms with Crippen LogP contribution in [0.25, 0.3) is 0 Å². The third-order valence-corrected chi connectivity index (χ3v) is 4.83. The van der Waals surface area contributed by atoms with Crippen molar-refractivity contribution in [2.45, 2.75) is 32.4 Å². The SMILES string of the molecule is C=CCn1cc(C)nc1NC1CCS(=O)(=O)CC1. The molecule has 0 aliphatic carbocycles. The standard InChI is InChI=1S/C12H19N3O2S/c1-3-6-15-9-10(2)13-12(15)14-11-4-7-18(16,17)8-5-11/h3,9,11H,1,4-8H2,2H3,(H,13,14). The smallest absolute Gasteiger partial charge is 0.203 e. The summed E-state index contributed by atoms with van der Waals surface area (Å²) in [6, 6.07) is 0.193.